The second-order valence-corrected chi connectivity index (χ2v) is 6.44. The number of nitrogens with one attached hydrogen (secondary N) is 1. The molecule has 0 spiro atoms. The fraction of sp³-hybridized carbons (Fsp3) is 0.263. The molecule has 6 nitrogen and oxygen atoms in total. The Hall–Kier alpha value is -2.54. The van der Waals surface area contributed by atoms with Crippen LogP contribution in [0.1, 0.15) is 26.7 Å². The van der Waals surface area contributed by atoms with Crippen LogP contribution in [0.25, 0.3) is 11.4 Å². The average Bonchev–Trinajstić information content (AvgIpc) is 2.70. The summed E-state index contributed by atoms with van der Waals surface area (Å²) in [5.74, 6) is -0.375. The van der Waals surface area contributed by atoms with Crippen molar-refractivity contribution in [2.45, 2.75) is 31.0 Å². The highest BCUT2D eigenvalue weighted by molar-refractivity contribution is 9.10. The number of aromatic nitrogens is 2. The van der Waals surface area contributed by atoms with Crippen LogP contribution in [-0.2, 0) is 4.79 Å². The first-order valence-electron chi connectivity index (χ1n) is 8.05. The van der Waals surface area contributed by atoms with Gasteiger partial charge in [-0.15, -0.1) is 13.2 Å². The van der Waals surface area contributed by atoms with Crippen molar-refractivity contribution in [3.05, 3.63) is 61.9 Å². The Labute approximate surface area is 163 Å². The number of alkyl halides is 1. The van der Waals surface area contributed by atoms with Crippen molar-refractivity contribution in [2.75, 3.05) is 0 Å². The third-order valence-corrected chi connectivity index (χ3v) is 4.84. The Kier molecular flexibility index (Phi) is 11.5. The lowest BCUT2D eigenvalue weighted by molar-refractivity contribution is -0.122. The second kappa shape index (κ2) is 12.8. The van der Waals surface area contributed by atoms with Gasteiger partial charge < -0.3 is 5.73 Å². The minimum Gasteiger partial charge on any atom is -0.351 e. The Morgan fingerprint density at radius 1 is 1.04 bits per heavy atom. The van der Waals surface area contributed by atoms with E-state index in [2.05, 4.69) is 39.1 Å². The molecule has 0 aliphatic heterocycles. The zero-order valence-electron chi connectivity index (χ0n) is 15.1. The topological polar surface area (TPSA) is 98.0 Å². The number of carbonyl (C=O) groups is 2. The third kappa shape index (κ3) is 8.02. The summed E-state index contributed by atoms with van der Waals surface area (Å²) in [5.41, 5.74) is 6.64. The van der Waals surface area contributed by atoms with E-state index in [9.17, 15) is 9.59 Å². The predicted octanol–water partition coefficient (Wildman–Crippen LogP) is 4.08. The van der Waals surface area contributed by atoms with Gasteiger partial charge in [-0.2, -0.15) is 0 Å². The van der Waals surface area contributed by atoms with Crippen LogP contribution in [-0.4, -0.2) is 26.2 Å². The summed E-state index contributed by atoms with van der Waals surface area (Å²) in [6.07, 6.45) is 4.76. The first-order chi connectivity index (χ1) is 12.4. The van der Waals surface area contributed by atoms with Gasteiger partial charge in [0.2, 0.25) is 5.91 Å². The van der Waals surface area contributed by atoms with E-state index < -0.39 is 10.4 Å². The van der Waals surface area contributed by atoms with Crippen LogP contribution in [0.5, 0.6) is 0 Å². The van der Waals surface area contributed by atoms with Gasteiger partial charge in [0.25, 0.3) is 0 Å². The quantitative estimate of drug-likeness (QED) is 0.574. The lowest BCUT2D eigenvalue weighted by Gasteiger charge is -2.21. The van der Waals surface area contributed by atoms with E-state index in [1.807, 2.05) is 55.6 Å². The summed E-state index contributed by atoms with van der Waals surface area (Å²) >= 11 is 3.26. The van der Waals surface area contributed by atoms with E-state index in [1.165, 1.54) is 0 Å². The molecule has 2 rings (SSSR count). The number of pyridine rings is 2. The molecule has 0 radical (unpaired) electrons. The number of amides is 3. The molecule has 3 amide bonds. The molecule has 0 bridgehead atoms. The number of primary amides is 1. The number of hydrogen-bond donors (Lipinski definition) is 2. The van der Waals surface area contributed by atoms with Crippen molar-refractivity contribution in [3.8, 4) is 11.4 Å². The third-order valence-electron chi connectivity index (χ3n) is 3.36. The van der Waals surface area contributed by atoms with Gasteiger partial charge in [-0.1, -0.05) is 41.9 Å². The van der Waals surface area contributed by atoms with Crippen LogP contribution < -0.4 is 11.1 Å². The molecule has 26 heavy (non-hydrogen) atoms. The molecule has 0 saturated carbocycles. The number of nitrogens with two attached hydrogens (primary N) is 1. The van der Waals surface area contributed by atoms with Gasteiger partial charge in [0.15, 0.2) is 0 Å². The molecule has 2 aromatic rings. The highest BCUT2D eigenvalue weighted by Crippen LogP contribution is 2.26. The first kappa shape index (κ1) is 23.5. The van der Waals surface area contributed by atoms with E-state index >= 15 is 0 Å². The van der Waals surface area contributed by atoms with Gasteiger partial charge in [0, 0.05) is 12.4 Å². The van der Waals surface area contributed by atoms with E-state index in [4.69, 9.17) is 5.73 Å². The summed E-state index contributed by atoms with van der Waals surface area (Å²) in [6.45, 7) is 9.72. The normalized spacial score (nSPS) is 9.65. The number of halogens is 1. The van der Waals surface area contributed by atoms with Gasteiger partial charge >= 0.3 is 6.03 Å². The van der Waals surface area contributed by atoms with Crippen molar-refractivity contribution < 1.29 is 9.59 Å². The van der Waals surface area contributed by atoms with Crippen LogP contribution in [0.4, 0.5) is 4.79 Å². The van der Waals surface area contributed by atoms with Crippen molar-refractivity contribution in [3.63, 3.8) is 0 Å². The molecule has 0 aliphatic rings. The van der Waals surface area contributed by atoms with Crippen LogP contribution in [0, 0.1) is 0 Å². The fourth-order valence-corrected chi connectivity index (χ4v) is 1.92. The first-order valence-corrected chi connectivity index (χ1v) is 8.84. The summed E-state index contributed by atoms with van der Waals surface area (Å²) in [6, 6.07) is 10.8. The standard InChI is InChI=1S/C10H8N2.C7H13BrN2O2.C2H4/c1-3-7-11-9(5-1)10-6-2-4-8-12-10;1-3-7(8,4-2)5(11)10-6(9)12;1-2/h1-8H;3-4H2,1-2H3,(H3,9,10,11,12);1-2H2. The van der Waals surface area contributed by atoms with Crippen molar-refractivity contribution in [1.29, 1.82) is 0 Å². The molecule has 2 heterocycles. The molecule has 7 heteroatoms. The number of urea groups is 1. The molecule has 0 saturated heterocycles. The molecule has 0 fully saturated rings. The number of hydrogen-bond acceptors (Lipinski definition) is 4. The molecule has 0 unspecified atom stereocenters. The SMILES string of the molecule is C=C.CCC(Br)(CC)C(=O)NC(N)=O.c1ccc(-c2ccccn2)nc1. The van der Waals surface area contributed by atoms with Crippen LogP contribution in [0.15, 0.2) is 61.9 Å². The van der Waals surface area contributed by atoms with Crippen LogP contribution in [0.2, 0.25) is 0 Å². The zero-order valence-corrected chi connectivity index (χ0v) is 16.7. The number of rotatable bonds is 4. The highest BCUT2D eigenvalue weighted by atomic mass is 79.9. The molecule has 0 atom stereocenters. The Balaban J connectivity index is 0.000000439. The molecule has 2 aromatic heterocycles. The molecule has 0 aliphatic carbocycles. The average molecular weight is 421 g/mol. The van der Waals surface area contributed by atoms with E-state index in [1.54, 1.807) is 12.4 Å². The minimum atomic E-state index is -0.814. The summed E-state index contributed by atoms with van der Waals surface area (Å²) in [5, 5.41) is 2.04. The number of carbonyl (C=O) groups excluding carboxylic acids is 2. The Morgan fingerprint density at radius 2 is 1.46 bits per heavy atom. The maximum Gasteiger partial charge on any atom is 0.318 e. The van der Waals surface area contributed by atoms with Crippen molar-refractivity contribution in [1.82, 2.24) is 15.3 Å². The summed E-state index contributed by atoms with van der Waals surface area (Å²) in [7, 11) is 0. The second-order valence-electron chi connectivity index (χ2n) is 4.92. The van der Waals surface area contributed by atoms with Gasteiger partial charge in [-0.25, -0.2) is 4.79 Å². The largest absolute Gasteiger partial charge is 0.351 e. The molecule has 140 valence electrons. The summed E-state index contributed by atoms with van der Waals surface area (Å²) in [4.78, 5) is 30.0. The monoisotopic (exact) mass is 420 g/mol. The smallest absolute Gasteiger partial charge is 0.318 e. The van der Waals surface area contributed by atoms with E-state index in [-0.39, 0.29) is 5.91 Å². The maximum atomic E-state index is 11.3. The van der Waals surface area contributed by atoms with Gasteiger partial charge in [0.05, 0.1) is 11.4 Å². The molecule has 0 aromatic carbocycles. The maximum absolute atomic E-state index is 11.3. The molecular formula is C19H25BrN4O2. The lowest BCUT2D eigenvalue weighted by Crippen LogP contribution is -2.46. The van der Waals surface area contributed by atoms with E-state index in [0.29, 0.717) is 12.8 Å². The lowest BCUT2D eigenvalue weighted by atomic mass is 10.0. The Morgan fingerprint density at radius 3 is 1.73 bits per heavy atom. The zero-order chi connectivity index (χ0) is 20.0. The van der Waals surface area contributed by atoms with Crippen molar-refractivity contribution in [2.24, 2.45) is 5.73 Å². The van der Waals surface area contributed by atoms with Crippen LogP contribution >= 0.6 is 15.9 Å². The number of imide groups is 1. The number of nitrogens with zero attached hydrogens (tertiary/aromatic N) is 2. The van der Waals surface area contributed by atoms with Crippen molar-refractivity contribution >= 4 is 27.9 Å². The molecular weight excluding hydrogens is 396 g/mol. The van der Waals surface area contributed by atoms with Gasteiger partial charge in [-0.3, -0.25) is 20.1 Å². The van der Waals surface area contributed by atoms with Crippen LogP contribution in [0.3, 0.4) is 0 Å². The highest BCUT2D eigenvalue weighted by Gasteiger charge is 2.32. The fourth-order valence-electron chi connectivity index (χ4n) is 1.82. The predicted molar refractivity (Wildman–Crippen MR) is 109 cm³/mol. The van der Waals surface area contributed by atoms with Gasteiger partial charge in [-0.05, 0) is 37.1 Å². The van der Waals surface area contributed by atoms with Gasteiger partial charge in [0.1, 0.15) is 4.32 Å². The van der Waals surface area contributed by atoms with E-state index in [0.717, 1.165) is 11.4 Å². The molecule has 3 N–H and O–H groups in total. The minimum absolute atomic E-state index is 0.375. The summed E-state index contributed by atoms with van der Waals surface area (Å²) < 4.78 is -0.665. The Bertz CT molecular complexity index is 624.